The Bertz CT molecular complexity index is 1220. The topological polar surface area (TPSA) is 156 Å². The molecule has 1 aliphatic rings. The lowest BCUT2D eigenvalue weighted by Gasteiger charge is -2.30. The van der Waals surface area contributed by atoms with Crippen LogP contribution in [0.5, 0.6) is 11.5 Å². The van der Waals surface area contributed by atoms with Gasteiger partial charge < -0.3 is 26.9 Å². The van der Waals surface area contributed by atoms with Gasteiger partial charge in [-0.05, 0) is 74.3 Å². The maximum Gasteiger partial charge on any atom is 0.178 e. The molecular formula is C25H31N9O. The van der Waals surface area contributed by atoms with Gasteiger partial charge in [-0.25, -0.2) is 20.0 Å². The molecule has 0 unspecified atom stereocenters. The van der Waals surface area contributed by atoms with E-state index in [1.807, 2.05) is 31.3 Å². The molecule has 1 aromatic carbocycles. The number of hydrogen-bond acceptors (Lipinski definition) is 6. The summed E-state index contributed by atoms with van der Waals surface area (Å²) in [7, 11) is 0. The quantitative estimate of drug-likeness (QED) is 0.305. The number of amidine groups is 1. The minimum absolute atomic E-state index is 0.297. The molecule has 1 fully saturated rings. The van der Waals surface area contributed by atoms with E-state index in [0.717, 1.165) is 55.0 Å². The van der Waals surface area contributed by atoms with E-state index in [0.29, 0.717) is 29.2 Å². The summed E-state index contributed by atoms with van der Waals surface area (Å²) in [6.07, 6.45) is 8.01. The predicted octanol–water partition coefficient (Wildman–Crippen LogP) is 3.12. The molecular weight excluding hydrogens is 442 g/mol. The van der Waals surface area contributed by atoms with Crippen molar-refractivity contribution >= 4 is 30.0 Å². The van der Waals surface area contributed by atoms with Gasteiger partial charge in [0.2, 0.25) is 0 Å². The molecule has 0 atom stereocenters. The molecule has 4 rings (SSSR count). The number of nitrogens with two attached hydrogens (primary N) is 3. The van der Waals surface area contributed by atoms with Gasteiger partial charge in [0.1, 0.15) is 11.5 Å². The third-order valence-corrected chi connectivity index (χ3v) is 5.83. The van der Waals surface area contributed by atoms with Gasteiger partial charge in [0.15, 0.2) is 11.7 Å². The molecule has 0 saturated carbocycles. The zero-order valence-electron chi connectivity index (χ0n) is 19.8. The summed E-state index contributed by atoms with van der Waals surface area (Å²) in [4.78, 5) is 22.9. The minimum atomic E-state index is 0.297. The first-order valence-corrected chi connectivity index (χ1v) is 11.5. The van der Waals surface area contributed by atoms with E-state index in [1.165, 1.54) is 12.7 Å². The summed E-state index contributed by atoms with van der Waals surface area (Å²) in [5.41, 5.74) is 20.7. The molecule has 1 aliphatic heterocycles. The van der Waals surface area contributed by atoms with E-state index in [4.69, 9.17) is 26.9 Å². The van der Waals surface area contributed by atoms with Gasteiger partial charge in [-0.1, -0.05) is 0 Å². The van der Waals surface area contributed by atoms with Crippen molar-refractivity contribution in [2.45, 2.75) is 32.4 Å². The van der Waals surface area contributed by atoms with E-state index in [1.54, 1.807) is 18.3 Å². The Labute approximate surface area is 204 Å². The SMILES string of the molecule is Cc1cc(N=C(N=CN)c2[nH]ccc2CN2CCC(N)CC2)ccc1Oc1ccnc(N=CN)c1. The number of nitrogens with zero attached hydrogens (tertiary/aromatic N) is 5. The summed E-state index contributed by atoms with van der Waals surface area (Å²) < 4.78 is 6.01. The number of aliphatic imine (C=N–C) groups is 3. The Morgan fingerprint density at radius 3 is 2.74 bits per heavy atom. The highest BCUT2D eigenvalue weighted by Crippen LogP contribution is 2.30. The van der Waals surface area contributed by atoms with Crippen molar-refractivity contribution in [2.75, 3.05) is 13.1 Å². The molecule has 0 spiro atoms. The lowest BCUT2D eigenvalue weighted by molar-refractivity contribution is 0.205. The van der Waals surface area contributed by atoms with Crippen LogP contribution < -0.4 is 21.9 Å². The predicted molar refractivity (Wildman–Crippen MR) is 140 cm³/mol. The highest BCUT2D eigenvalue weighted by Gasteiger charge is 2.19. The van der Waals surface area contributed by atoms with Crippen LogP contribution >= 0.6 is 0 Å². The normalized spacial score (nSPS) is 15.9. The van der Waals surface area contributed by atoms with Gasteiger partial charge in [0.05, 0.1) is 24.1 Å². The van der Waals surface area contributed by atoms with Crippen LogP contribution in [-0.4, -0.2) is 52.5 Å². The summed E-state index contributed by atoms with van der Waals surface area (Å²) in [6.45, 7) is 4.73. The fourth-order valence-electron chi connectivity index (χ4n) is 3.99. The molecule has 182 valence electrons. The first-order valence-electron chi connectivity index (χ1n) is 11.5. The van der Waals surface area contributed by atoms with E-state index >= 15 is 0 Å². The van der Waals surface area contributed by atoms with Gasteiger partial charge in [-0.3, -0.25) is 4.90 Å². The summed E-state index contributed by atoms with van der Waals surface area (Å²) in [5.74, 6) is 2.31. The van der Waals surface area contributed by atoms with E-state index < -0.39 is 0 Å². The third-order valence-electron chi connectivity index (χ3n) is 5.83. The van der Waals surface area contributed by atoms with Crippen LogP contribution in [0.25, 0.3) is 0 Å². The molecule has 10 nitrogen and oxygen atoms in total. The van der Waals surface area contributed by atoms with Gasteiger partial charge in [-0.2, -0.15) is 0 Å². The minimum Gasteiger partial charge on any atom is -0.457 e. The van der Waals surface area contributed by atoms with Crippen molar-refractivity contribution in [3.05, 3.63) is 65.6 Å². The van der Waals surface area contributed by atoms with Crippen molar-refractivity contribution in [1.82, 2.24) is 14.9 Å². The standard InChI is InChI=1S/C25H31N9O/c1-17-12-20(2-3-22(17)35-21-5-9-29-23(13-21)31-15-26)33-25(32-16-27)24-18(4-8-30-24)14-34-10-6-19(28)7-11-34/h2-5,8-9,12-13,15-16,19,30H,6-7,10-11,14,28H2,1H3,(H2,26,29,31)(H2,27,32,33). The average molecular weight is 474 g/mol. The van der Waals surface area contributed by atoms with E-state index in [2.05, 4.69) is 30.9 Å². The van der Waals surface area contributed by atoms with Crippen LogP contribution in [0, 0.1) is 6.92 Å². The number of hydrogen-bond donors (Lipinski definition) is 4. The molecule has 3 heterocycles. The lowest BCUT2D eigenvalue weighted by Crippen LogP contribution is -2.39. The molecule has 2 aromatic heterocycles. The Hall–Kier alpha value is -4.02. The number of nitrogens with one attached hydrogen (secondary N) is 1. The summed E-state index contributed by atoms with van der Waals surface area (Å²) in [5, 5.41) is 0. The molecule has 3 aromatic rings. The molecule has 7 N–H and O–H groups in total. The number of likely N-dealkylation sites (tertiary alicyclic amines) is 1. The maximum atomic E-state index is 6.05. The molecule has 0 amide bonds. The summed E-state index contributed by atoms with van der Waals surface area (Å²) in [6, 6.07) is 11.5. The number of ether oxygens (including phenoxy) is 1. The van der Waals surface area contributed by atoms with Crippen LogP contribution in [-0.2, 0) is 6.54 Å². The first-order chi connectivity index (χ1) is 17.1. The highest BCUT2D eigenvalue weighted by molar-refractivity contribution is 6.03. The Kier molecular flexibility index (Phi) is 7.86. The van der Waals surface area contributed by atoms with Gasteiger partial charge in [0, 0.05) is 31.0 Å². The van der Waals surface area contributed by atoms with Crippen molar-refractivity contribution in [3.8, 4) is 11.5 Å². The van der Waals surface area contributed by atoms with Crippen LogP contribution in [0.2, 0.25) is 0 Å². The zero-order chi connectivity index (χ0) is 24.6. The van der Waals surface area contributed by atoms with Crippen LogP contribution in [0.15, 0.2) is 63.8 Å². The number of aryl methyl sites for hydroxylation is 1. The van der Waals surface area contributed by atoms with E-state index in [9.17, 15) is 0 Å². The molecule has 10 heteroatoms. The second-order valence-electron chi connectivity index (χ2n) is 8.38. The van der Waals surface area contributed by atoms with E-state index in [-0.39, 0.29) is 0 Å². The van der Waals surface area contributed by atoms with Gasteiger partial charge in [0.25, 0.3) is 0 Å². The molecule has 35 heavy (non-hydrogen) atoms. The number of pyridine rings is 1. The number of aromatic nitrogens is 2. The number of H-pyrrole nitrogens is 1. The largest absolute Gasteiger partial charge is 0.457 e. The number of piperidine rings is 1. The van der Waals surface area contributed by atoms with Gasteiger partial charge in [-0.15, -0.1) is 0 Å². The average Bonchev–Trinajstić information content (AvgIpc) is 3.30. The Morgan fingerprint density at radius 2 is 2.00 bits per heavy atom. The first kappa shape index (κ1) is 24.1. The molecule has 0 radical (unpaired) electrons. The van der Waals surface area contributed by atoms with Gasteiger partial charge >= 0.3 is 0 Å². The van der Waals surface area contributed by atoms with Crippen molar-refractivity contribution < 1.29 is 4.74 Å². The number of rotatable bonds is 7. The van der Waals surface area contributed by atoms with Crippen molar-refractivity contribution in [2.24, 2.45) is 32.2 Å². The zero-order valence-corrected chi connectivity index (χ0v) is 19.8. The van der Waals surface area contributed by atoms with Crippen LogP contribution in [0.3, 0.4) is 0 Å². The Balaban J connectivity index is 1.54. The third kappa shape index (κ3) is 6.31. The second kappa shape index (κ2) is 11.4. The van der Waals surface area contributed by atoms with Crippen molar-refractivity contribution in [1.29, 1.82) is 0 Å². The Morgan fingerprint density at radius 1 is 1.17 bits per heavy atom. The maximum absolute atomic E-state index is 6.05. The second-order valence-corrected chi connectivity index (χ2v) is 8.38. The number of benzene rings is 1. The van der Waals surface area contributed by atoms with Crippen LogP contribution in [0.1, 0.15) is 29.7 Å². The summed E-state index contributed by atoms with van der Waals surface area (Å²) >= 11 is 0. The smallest absolute Gasteiger partial charge is 0.178 e. The monoisotopic (exact) mass is 473 g/mol. The lowest BCUT2D eigenvalue weighted by atomic mass is 10.1. The fraction of sp³-hybridized carbons (Fsp3) is 0.280. The molecule has 0 aliphatic carbocycles. The molecule has 1 saturated heterocycles. The van der Waals surface area contributed by atoms with Crippen molar-refractivity contribution in [3.63, 3.8) is 0 Å². The van der Waals surface area contributed by atoms with Crippen LogP contribution in [0.4, 0.5) is 11.5 Å². The molecule has 0 bridgehead atoms. The number of aromatic amines is 1. The fourth-order valence-corrected chi connectivity index (χ4v) is 3.99. The highest BCUT2D eigenvalue weighted by atomic mass is 16.5.